The molecule has 0 bridgehead atoms. The second-order valence-corrected chi connectivity index (χ2v) is 4.42. The van der Waals surface area contributed by atoms with Gasteiger partial charge in [-0.2, -0.15) is 0 Å². The van der Waals surface area contributed by atoms with Gasteiger partial charge < -0.3 is 0 Å². The summed E-state index contributed by atoms with van der Waals surface area (Å²) in [5, 5.41) is 4.38. The van der Waals surface area contributed by atoms with Gasteiger partial charge in [-0.05, 0) is 0 Å². The van der Waals surface area contributed by atoms with E-state index in [0.717, 1.165) is 0 Å². The molecule has 84 valence electrons. The lowest BCUT2D eigenvalue weighted by Gasteiger charge is -2.06. The van der Waals surface area contributed by atoms with Gasteiger partial charge in [0.25, 0.3) is 0 Å². The van der Waals surface area contributed by atoms with Crippen molar-refractivity contribution in [2.45, 2.75) is 9.79 Å². The fourth-order valence-corrected chi connectivity index (χ4v) is 1.72. The van der Waals surface area contributed by atoms with Crippen molar-refractivity contribution in [3.63, 3.8) is 0 Å². The van der Waals surface area contributed by atoms with Gasteiger partial charge in [0.15, 0.2) is 28.2 Å². The van der Waals surface area contributed by atoms with Gasteiger partial charge in [-0.15, -0.1) is 12.6 Å². The molecule has 0 amide bonds. The standard InChI is InChI=1S/C6H3F4NO2S2/c7-1-3(9)6(15(11,12)13)4(10)2(8)5(1)14/h14H,(H2,11,12,13). The monoisotopic (exact) mass is 261 g/mol. The summed E-state index contributed by atoms with van der Waals surface area (Å²) in [6.07, 6.45) is 0. The molecule has 0 radical (unpaired) electrons. The lowest BCUT2D eigenvalue weighted by molar-refractivity contribution is 0.396. The molecule has 0 fully saturated rings. The van der Waals surface area contributed by atoms with Crippen LogP contribution in [0.2, 0.25) is 0 Å². The molecule has 0 atom stereocenters. The molecule has 3 nitrogen and oxygen atoms in total. The average molecular weight is 261 g/mol. The Morgan fingerprint density at radius 1 is 0.933 bits per heavy atom. The first kappa shape index (κ1) is 12.3. The van der Waals surface area contributed by atoms with Crippen LogP contribution in [0, 0.1) is 23.3 Å². The molecule has 0 aromatic heterocycles. The van der Waals surface area contributed by atoms with E-state index >= 15 is 0 Å². The second-order valence-electron chi connectivity index (χ2n) is 2.48. The van der Waals surface area contributed by atoms with Crippen LogP contribution in [0.1, 0.15) is 0 Å². The van der Waals surface area contributed by atoms with Gasteiger partial charge in [0.05, 0.1) is 4.90 Å². The van der Waals surface area contributed by atoms with Crippen molar-refractivity contribution in [1.82, 2.24) is 0 Å². The zero-order valence-corrected chi connectivity index (χ0v) is 8.47. The summed E-state index contributed by atoms with van der Waals surface area (Å²) in [7, 11) is -4.89. The molecule has 0 saturated heterocycles. The van der Waals surface area contributed by atoms with Crippen molar-refractivity contribution in [2.75, 3.05) is 0 Å². The minimum absolute atomic E-state index is 1.25. The Balaban J connectivity index is 3.84. The topological polar surface area (TPSA) is 60.2 Å². The summed E-state index contributed by atoms with van der Waals surface area (Å²) in [5.41, 5.74) is 0. The minimum atomic E-state index is -4.89. The van der Waals surface area contributed by atoms with Crippen LogP contribution in [-0.2, 0) is 10.0 Å². The molecular formula is C6H3F4NO2S2. The highest BCUT2D eigenvalue weighted by Gasteiger charge is 2.29. The normalized spacial score (nSPS) is 11.9. The van der Waals surface area contributed by atoms with E-state index < -0.39 is 43.1 Å². The summed E-state index contributed by atoms with van der Waals surface area (Å²) in [4.78, 5) is -3.10. The molecule has 1 aromatic rings. The van der Waals surface area contributed by atoms with Gasteiger partial charge >= 0.3 is 0 Å². The SMILES string of the molecule is NS(=O)(=O)c1c(F)c(F)c(S)c(F)c1F. The molecule has 0 aliphatic heterocycles. The highest BCUT2D eigenvalue weighted by Crippen LogP contribution is 2.28. The third-order valence-corrected chi connectivity index (χ3v) is 2.80. The zero-order valence-electron chi connectivity index (χ0n) is 6.76. The largest absolute Gasteiger partial charge is 0.244 e. The first-order valence-electron chi connectivity index (χ1n) is 3.25. The van der Waals surface area contributed by atoms with Crippen molar-refractivity contribution in [3.8, 4) is 0 Å². The van der Waals surface area contributed by atoms with E-state index in [2.05, 4.69) is 17.8 Å². The minimum Gasteiger partial charge on any atom is -0.224 e. The molecule has 0 aliphatic carbocycles. The predicted molar refractivity (Wildman–Crippen MR) is 44.9 cm³/mol. The second kappa shape index (κ2) is 3.65. The molecule has 0 spiro atoms. The maximum atomic E-state index is 12.9. The molecule has 0 unspecified atom stereocenters. The third-order valence-electron chi connectivity index (χ3n) is 1.48. The summed E-state index contributed by atoms with van der Waals surface area (Å²) in [5.74, 6) is -8.02. The Labute approximate surface area is 87.3 Å². The van der Waals surface area contributed by atoms with E-state index in [-0.39, 0.29) is 0 Å². The Morgan fingerprint density at radius 2 is 1.27 bits per heavy atom. The van der Waals surface area contributed by atoms with Gasteiger partial charge in [-0.25, -0.2) is 31.1 Å². The van der Waals surface area contributed by atoms with Crippen molar-refractivity contribution in [1.29, 1.82) is 0 Å². The Bertz CT molecular complexity index is 499. The molecule has 1 rings (SSSR count). The van der Waals surface area contributed by atoms with Crippen LogP contribution in [-0.4, -0.2) is 8.42 Å². The van der Waals surface area contributed by atoms with Crippen LogP contribution in [0.15, 0.2) is 9.79 Å². The molecule has 9 heteroatoms. The van der Waals surface area contributed by atoms with Gasteiger partial charge in [0.2, 0.25) is 10.0 Å². The number of nitrogens with two attached hydrogens (primary N) is 1. The highest BCUT2D eigenvalue weighted by molar-refractivity contribution is 7.89. The molecule has 0 heterocycles. The van der Waals surface area contributed by atoms with Crippen LogP contribution in [0.5, 0.6) is 0 Å². The summed E-state index contributed by atoms with van der Waals surface area (Å²) in [6, 6.07) is 0. The molecule has 15 heavy (non-hydrogen) atoms. The van der Waals surface area contributed by atoms with Crippen LogP contribution >= 0.6 is 12.6 Å². The number of primary sulfonamides is 1. The summed E-state index contributed by atoms with van der Waals surface area (Å²) in [6.45, 7) is 0. The third kappa shape index (κ3) is 1.94. The van der Waals surface area contributed by atoms with E-state index in [1.54, 1.807) is 0 Å². The molecule has 0 aliphatic rings. The number of hydrogen-bond acceptors (Lipinski definition) is 3. The number of halogens is 4. The summed E-state index contributed by atoms with van der Waals surface area (Å²) >= 11 is 3.13. The van der Waals surface area contributed by atoms with E-state index in [9.17, 15) is 26.0 Å². The van der Waals surface area contributed by atoms with Gasteiger partial charge in [-0.3, -0.25) is 0 Å². The lowest BCUT2D eigenvalue weighted by Crippen LogP contribution is -2.18. The Morgan fingerprint density at radius 3 is 1.53 bits per heavy atom. The number of rotatable bonds is 1. The van der Waals surface area contributed by atoms with Crippen molar-refractivity contribution in [3.05, 3.63) is 23.3 Å². The smallest absolute Gasteiger partial charge is 0.224 e. The predicted octanol–water partition coefficient (Wildman–Crippen LogP) is 1.18. The fraction of sp³-hybridized carbons (Fsp3) is 0. The average Bonchev–Trinajstić information content (AvgIpc) is 2.09. The fourth-order valence-electron chi connectivity index (χ4n) is 0.850. The van der Waals surface area contributed by atoms with Gasteiger partial charge in [0, 0.05) is 0 Å². The van der Waals surface area contributed by atoms with Gasteiger partial charge in [-0.1, -0.05) is 0 Å². The summed E-state index contributed by atoms with van der Waals surface area (Å²) < 4.78 is 72.6. The van der Waals surface area contributed by atoms with Crippen molar-refractivity contribution < 1.29 is 26.0 Å². The Hall–Kier alpha value is -0.800. The lowest BCUT2D eigenvalue weighted by atomic mass is 10.3. The quantitative estimate of drug-likeness (QED) is 0.453. The molecular weight excluding hydrogens is 258 g/mol. The number of benzene rings is 1. The maximum absolute atomic E-state index is 12.9. The highest BCUT2D eigenvalue weighted by atomic mass is 32.2. The first-order chi connectivity index (χ1) is 6.68. The van der Waals surface area contributed by atoms with E-state index in [0.29, 0.717) is 0 Å². The van der Waals surface area contributed by atoms with Crippen LogP contribution < -0.4 is 5.14 Å². The van der Waals surface area contributed by atoms with Crippen LogP contribution in [0.3, 0.4) is 0 Å². The first-order valence-corrected chi connectivity index (χ1v) is 5.25. The zero-order chi connectivity index (χ0) is 12.0. The van der Waals surface area contributed by atoms with Gasteiger partial charge in [0.1, 0.15) is 0 Å². The molecule has 2 N–H and O–H groups in total. The van der Waals surface area contributed by atoms with Crippen molar-refractivity contribution in [2.24, 2.45) is 5.14 Å². The number of hydrogen-bond donors (Lipinski definition) is 2. The Kier molecular flexibility index (Phi) is 2.99. The van der Waals surface area contributed by atoms with Crippen LogP contribution in [0.4, 0.5) is 17.6 Å². The van der Waals surface area contributed by atoms with E-state index in [1.165, 1.54) is 0 Å². The van der Waals surface area contributed by atoms with Crippen molar-refractivity contribution >= 4 is 22.7 Å². The number of sulfonamides is 1. The number of thiol groups is 1. The maximum Gasteiger partial charge on any atom is 0.244 e. The molecule has 1 aromatic carbocycles. The van der Waals surface area contributed by atoms with Crippen LogP contribution in [0.25, 0.3) is 0 Å². The van der Waals surface area contributed by atoms with E-state index in [1.807, 2.05) is 0 Å². The molecule has 0 saturated carbocycles. The van der Waals surface area contributed by atoms with E-state index in [4.69, 9.17) is 0 Å².